The third-order valence-electron chi connectivity index (χ3n) is 3.30. The summed E-state index contributed by atoms with van der Waals surface area (Å²) in [5, 5.41) is 3.34. The summed E-state index contributed by atoms with van der Waals surface area (Å²) in [5.74, 6) is 1.19. The Morgan fingerprint density at radius 3 is 2.62 bits per heavy atom. The van der Waals surface area contributed by atoms with Crippen molar-refractivity contribution in [2.75, 3.05) is 11.9 Å². The number of nitrogens with one attached hydrogen (secondary N) is 1. The van der Waals surface area contributed by atoms with Crippen LogP contribution in [-0.2, 0) is 6.42 Å². The van der Waals surface area contributed by atoms with Gasteiger partial charge in [0.25, 0.3) is 0 Å². The molecule has 2 rings (SSSR count). The summed E-state index contributed by atoms with van der Waals surface area (Å²) in [6.45, 7) is 7.08. The van der Waals surface area contributed by atoms with Crippen molar-refractivity contribution < 1.29 is 4.39 Å². The molecular weight excluding hydrogens is 333 g/mol. The van der Waals surface area contributed by atoms with Gasteiger partial charge in [-0.05, 0) is 53.9 Å². The lowest BCUT2D eigenvalue weighted by atomic mass is 10.1. The van der Waals surface area contributed by atoms with E-state index < -0.39 is 0 Å². The molecule has 0 aliphatic heterocycles. The van der Waals surface area contributed by atoms with Gasteiger partial charge in [0.2, 0.25) is 0 Å². The van der Waals surface area contributed by atoms with Crippen LogP contribution in [0.1, 0.15) is 31.5 Å². The molecule has 0 bridgehead atoms. The van der Waals surface area contributed by atoms with Crippen LogP contribution in [0.3, 0.4) is 0 Å². The SMILES string of the molecule is CCCNc1nc(-c2ccc(F)cc2Br)nc(CC)c1C. The van der Waals surface area contributed by atoms with Crippen LogP contribution in [0.15, 0.2) is 22.7 Å². The van der Waals surface area contributed by atoms with E-state index in [1.54, 1.807) is 6.07 Å². The molecule has 1 aromatic heterocycles. The number of aryl methyl sites for hydroxylation is 1. The molecule has 112 valence electrons. The molecule has 21 heavy (non-hydrogen) atoms. The molecule has 0 spiro atoms. The average molecular weight is 352 g/mol. The maximum Gasteiger partial charge on any atom is 0.162 e. The Labute approximate surface area is 133 Å². The maximum atomic E-state index is 13.2. The molecule has 1 aromatic carbocycles. The van der Waals surface area contributed by atoms with Crippen molar-refractivity contribution in [2.45, 2.75) is 33.6 Å². The second kappa shape index (κ2) is 6.98. The molecule has 3 nitrogen and oxygen atoms in total. The first kappa shape index (κ1) is 15.9. The highest BCUT2D eigenvalue weighted by atomic mass is 79.9. The van der Waals surface area contributed by atoms with E-state index in [0.717, 1.165) is 42.0 Å². The largest absolute Gasteiger partial charge is 0.370 e. The molecule has 1 N–H and O–H groups in total. The fourth-order valence-electron chi connectivity index (χ4n) is 2.11. The lowest BCUT2D eigenvalue weighted by Gasteiger charge is -2.13. The van der Waals surface area contributed by atoms with Crippen molar-refractivity contribution in [3.05, 3.63) is 39.7 Å². The standard InChI is InChI=1S/C16H19BrFN3/c1-4-8-19-15-10(3)14(5-2)20-16(21-15)12-7-6-11(18)9-13(12)17/h6-7,9H,4-5,8H2,1-3H3,(H,19,20,21). The second-order valence-corrected chi connectivity index (χ2v) is 5.73. The summed E-state index contributed by atoms with van der Waals surface area (Å²) in [5.41, 5.74) is 2.88. The first-order valence-corrected chi connectivity index (χ1v) is 7.92. The number of aromatic nitrogens is 2. The van der Waals surface area contributed by atoms with Crippen molar-refractivity contribution in [3.8, 4) is 11.4 Å². The van der Waals surface area contributed by atoms with Crippen LogP contribution < -0.4 is 5.32 Å². The van der Waals surface area contributed by atoms with Crippen molar-refractivity contribution in [3.63, 3.8) is 0 Å². The van der Waals surface area contributed by atoms with Crippen LogP contribution >= 0.6 is 15.9 Å². The number of hydrogen-bond donors (Lipinski definition) is 1. The van der Waals surface area contributed by atoms with Crippen LogP contribution in [0.2, 0.25) is 0 Å². The van der Waals surface area contributed by atoms with Gasteiger partial charge in [0.1, 0.15) is 11.6 Å². The van der Waals surface area contributed by atoms with E-state index in [0.29, 0.717) is 10.3 Å². The van der Waals surface area contributed by atoms with E-state index in [1.807, 2.05) is 6.92 Å². The number of anilines is 1. The zero-order valence-electron chi connectivity index (χ0n) is 12.5. The lowest BCUT2D eigenvalue weighted by Crippen LogP contribution is -2.09. The molecule has 0 fully saturated rings. The summed E-state index contributed by atoms with van der Waals surface area (Å²) < 4.78 is 13.9. The van der Waals surface area contributed by atoms with Crippen molar-refractivity contribution >= 4 is 21.7 Å². The summed E-state index contributed by atoms with van der Waals surface area (Å²) in [4.78, 5) is 9.22. The Morgan fingerprint density at radius 1 is 1.24 bits per heavy atom. The summed E-state index contributed by atoms with van der Waals surface area (Å²) in [6, 6.07) is 4.56. The molecule has 0 aliphatic rings. The summed E-state index contributed by atoms with van der Waals surface area (Å²) >= 11 is 3.39. The molecule has 0 saturated carbocycles. The first-order valence-electron chi connectivity index (χ1n) is 7.13. The average Bonchev–Trinajstić information content (AvgIpc) is 2.46. The molecule has 1 heterocycles. The Hall–Kier alpha value is -1.49. The van der Waals surface area contributed by atoms with Gasteiger partial charge < -0.3 is 5.32 Å². The Bertz CT molecular complexity index is 644. The minimum Gasteiger partial charge on any atom is -0.370 e. The van der Waals surface area contributed by atoms with Gasteiger partial charge in [0.15, 0.2) is 5.82 Å². The molecule has 0 radical (unpaired) electrons. The van der Waals surface area contributed by atoms with E-state index in [2.05, 4.69) is 45.1 Å². The Kier molecular flexibility index (Phi) is 5.28. The predicted molar refractivity (Wildman–Crippen MR) is 88.0 cm³/mol. The number of halogens is 2. The van der Waals surface area contributed by atoms with Gasteiger partial charge in [-0.1, -0.05) is 13.8 Å². The quantitative estimate of drug-likeness (QED) is 0.845. The van der Waals surface area contributed by atoms with Gasteiger partial charge in [-0.25, -0.2) is 14.4 Å². The zero-order valence-corrected chi connectivity index (χ0v) is 14.1. The molecule has 5 heteroatoms. The normalized spacial score (nSPS) is 10.7. The Balaban J connectivity index is 2.52. The topological polar surface area (TPSA) is 37.8 Å². The van der Waals surface area contributed by atoms with Crippen LogP contribution in [0, 0.1) is 12.7 Å². The highest BCUT2D eigenvalue weighted by Gasteiger charge is 2.13. The molecule has 0 aliphatic carbocycles. The van der Waals surface area contributed by atoms with Gasteiger partial charge in [-0.2, -0.15) is 0 Å². The summed E-state index contributed by atoms with van der Waals surface area (Å²) in [6.07, 6.45) is 1.86. The molecule has 2 aromatic rings. The second-order valence-electron chi connectivity index (χ2n) is 4.87. The summed E-state index contributed by atoms with van der Waals surface area (Å²) in [7, 11) is 0. The van der Waals surface area contributed by atoms with Crippen molar-refractivity contribution in [2.24, 2.45) is 0 Å². The van der Waals surface area contributed by atoms with Crippen molar-refractivity contribution in [1.29, 1.82) is 0 Å². The molecule has 0 atom stereocenters. The van der Waals surface area contributed by atoms with Gasteiger partial charge in [-0.3, -0.25) is 0 Å². The van der Waals surface area contributed by atoms with Crippen LogP contribution in [0.5, 0.6) is 0 Å². The van der Waals surface area contributed by atoms with Crippen molar-refractivity contribution in [1.82, 2.24) is 9.97 Å². The molecule has 0 amide bonds. The minimum absolute atomic E-state index is 0.280. The third kappa shape index (κ3) is 3.59. The van der Waals surface area contributed by atoms with Gasteiger partial charge in [0.05, 0.1) is 0 Å². The fourth-order valence-corrected chi connectivity index (χ4v) is 2.64. The van der Waals surface area contributed by atoms with Gasteiger partial charge in [0, 0.05) is 27.8 Å². The zero-order chi connectivity index (χ0) is 15.4. The Morgan fingerprint density at radius 2 is 2.00 bits per heavy atom. The van der Waals surface area contributed by atoms with Crippen LogP contribution in [0.25, 0.3) is 11.4 Å². The monoisotopic (exact) mass is 351 g/mol. The van der Waals surface area contributed by atoms with E-state index in [4.69, 9.17) is 0 Å². The lowest BCUT2D eigenvalue weighted by molar-refractivity contribution is 0.627. The predicted octanol–water partition coefficient (Wildman–Crippen LogP) is 4.74. The number of hydrogen-bond acceptors (Lipinski definition) is 3. The van der Waals surface area contributed by atoms with Gasteiger partial charge >= 0.3 is 0 Å². The van der Waals surface area contributed by atoms with E-state index in [-0.39, 0.29) is 5.82 Å². The van der Waals surface area contributed by atoms with Crippen LogP contribution in [-0.4, -0.2) is 16.5 Å². The van der Waals surface area contributed by atoms with Crippen LogP contribution in [0.4, 0.5) is 10.2 Å². The molecular formula is C16H19BrFN3. The van der Waals surface area contributed by atoms with E-state index in [1.165, 1.54) is 12.1 Å². The third-order valence-corrected chi connectivity index (χ3v) is 3.95. The highest BCUT2D eigenvalue weighted by Crippen LogP contribution is 2.29. The minimum atomic E-state index is -0.280. The first-order chi connectivity index (χ1) is 10.1. The number of nitrogens with zero attached hydrogens (tertiary/aromatic N) is 2. The highest BCUT2D eigenvalue weighted by molar-refractivity contribution is 9.10. The number of benzene rings is 1. The molecule has 0 unspecified atom stereocenters. The molecule has 0 saturated heterocycles. The smallest absolute Gasteiger partial charge is 0.162 e. The van der Waals surface area contributed by atoms with Gasteiger partial charge in [-0.15, -0.1) is 0 Å². The number of rotatable bonds is 5. The maximum absolute atomic E-state index is 13.2. The van der Waals surface area contributed by atoms with E-state index >= 15 is 0 Å². The fraction of sp³-hybridized carbons (Fsp3) is 0.375. The van der Waals surface area contributed by atoms with E-state index in [9.17, 15) is 4.39 Å².